The summed E-state index contributed by atoms with van der Waals surface area (Å²) in [6, 6.07) is 4.62. The lowest BCUT2D eigenvalue weighted by atomic mass is 9.95. The van der Waals surface area contributed by atoms with Gasteiger partial charge in [-0.2, -0.15) is 0 Å². The van der Waals surface area contributed by atoms with Crippen LogP contribution < -0.4 is 10.6 Å². The number of carbonyl (C=O) groups is 2. The number of hydrogen-bond donors (Lipinski definition) is 2. The number of amides is 2. The fourth-order valence-corrected chi connectivity index (χ4v) is 3.52. The number of esters is 1. The van der Waals surface area contributed by atoms with E-state index in [4.69, 9.17) is 4.74 Å². The van der Waals surface area contributed by atoms with Gasteiger partial charge in [0.15, 0.2) is 0 Å². The highest BCUT2D eigenvalue weighted by Gasteiger charge is 2.35. The molecule has 3 atom stereocenters. The molecule has 0 bridgehead atoms. The maximum atomic E-state index is 12.8. The largest absolute Gasteiger partial charge is 0.459 e. The van der Waals surface area contributed by atoms with Gasteiger partial charge in [-0.25, -0.2) is 9.59 Å². The third-order valence-electron chi connectivity index (χ3n) is 4.94. The minimum Gasteiger partial charge on any atom is -0.459 e. The zero-order valence-corrected chi connectivity index (χ0v) is 14.7. The Morgan fingerprint density at radius 1 is 1.35 bits per heavy atom. The van der Waals surface area contributed by atoms with Crippen molar-refractivity contribution < 1.29 is 19.2 Å². The topological polar surface area (TPSA) is 111 Å². The summed E-state index contributed by atoms with van der Waals surface area (Å²) in [6.07, 6.45) is 2.70. The number of nitro groups is 1. The average Bonchev–Trinajstić information content (AvgIpc) is 2.99. The molecule has 1 fully saturated rings. The molecule has 0 radical (unpaired) electrons. The third kappa shape index (κ3) is 3.54. The van der Waals surface area contributed by atoms with Crippen molar-refractivity contribution in [2.75, 3.05) is 0 Å². The van der Waals surface area contributed by atoms with Crippen LogP contribution in [0.15, 0.2) is 35.5 Å². The molecular formula is C18H21N3O5. The number of nitrogens with one attached hydrogen (secondary N) is 2. The van der Waals surface area contributed by atoms with E-state index >= 15 is 0 Å². The molecule has 138 valence electrons. The van der Waals surface area contributed by atoms with Crippen LogP contribution in [0.2, 0.25) is 0 Å². The Bertz CT molecular complexity index is 789. The summed E-state index contributed by atoms with van der Waals surface area (Å²) in [5.74, 6) is -0.215. The number of nitro benzene ring substituents is 1. The normalized spacial score (nSPS) is 25.5. The van der Waals surface area contributed by atoms with Crippen molar-refractivity contribution in [2.45, 2.75) is 45.3 Å². The first-order valence-corrected chi connectivity index (χ1v) is 8.60. The van der Waals surface area contributed by atoms with Crippen molar-refractivity contribution in [3.8, 4) is 0 Å². The van der Waals surface area contributed by atoms with Gasteiger partial charge < -0.3 is 15.4 Å². The van der Waals surface area contributed by atoms with Crippen molar-refractivity contribution in [3.63, 3.8) is 0 Å². The summed E-state index contributed by atoms with van der Waals surface area (Å²) < 4.78 is 5.68. The summed E-state index contributed by atoms with van der Waals surface area (Å²) in [6.45, 7) is 3.67. The highest BCUT2D eigenvalue weighted by Crippen LogP contribution is 2.33. The lowest BCUT2D eigenvalue weighted by Crippen LogP contribution is -2.45. The second kappa shape index (κ2) is 7.15. The lowest BCUT2D eigenvalue weighted by Gasteiger charge is -2.29. The Morgan fingerprint density at radius 2 is 2.12 bits per heavy atom. The smallest absolute Gasteiger partial charge is 0.338 e. The molecule has 0 aromatic heterocycles. The molecule has 2 aliphatic rings. The minimum atomic E-state index is -0.798. The van der Waals surface area contributed by atoms with Crippen molar-refractivity contribution in [2.24, 2.45) is 5.92 Å². The Labute approximate surface area is 150 Å². The molecule has 8 nitrogen and oxygen atoms in total. The van der Waals surface area contributed by atoms with E-state index < -0.39 is 23.0 Å². The van der Waals surface area contributed by atoms with E-state index in [0.717, 1.165) is 19.3 Å². The summed E-state index contributed by atoms with van der Waals surface area (Å²) in [7, 11) is 0. The molecule has 0 spiro atoms. The first-order chi connectivity index (χ1) is 12.4. The van der Waals surface area contributed by atoms with E-state index in [1.807, 2.05) is 6.92 Å². The predicted molar refractivity (Wildman–Crippen MR) is 93.1 cm³/mol. The van der Waals surface area contributed by atoms with Gasteiger partial charge in [-0.1, -0.05) is 19.1 Å². The average molecular weight is 359 g/mol. The van der Waals surface area contributed by atoms with Gasteiger partial charge in [0.1, 0.15) is 6.10 Å². The molecule has 1 saturated carbocycles. The molecule has 1 aliphatic carbocycles. The fraction of sp³-hybridized carbons (Fsp3) is 0.444. The molecule has 1 aromatic rings. The van der Waals surface area contributed by atoms with Crippen molar-refractivity contribution in [1.29, 1.82) is 0 Å². The van der Waals surface area contributed by atoms with Crippen LogP contribution in [0.1, 0.15) is 44.7 Å². The fourth-order valence-electron chi connectivity index (χ4n) is 3.52. The predicted octanol–water partition coefficient (Wildman–Crippen LogP) is 2.95. The first-order valence-electron chi connectivity index (χ1n) is 8.60. The Hall–Kier alpha value is -2.90. The first kappa shape index (κ1) is 17.9. The van der Waals surface area contributed by atoms with Crippen molar-refractivity contribution >= 4 is 17.7 Å². The van der Waals surface area contributed by atoms with E-state index in [-0.39, 0.29) is 17.4 Å². The van der Waals surface area contributed by atoms with Gasteiger partial charge in [0.05, 0.1) is 16.5 Å². The Kier molecular flexibility index (Phi) is 4.92. The van der Waals surface area contributed by atoms with E-state index in [1.54, 1.807) is 13.0 Å². The number of carbonyl (C=O) groups excluding carboxylic acids is 2. The summed E-state index contributed by atoms with van der Waals surface area (Å²) in [4.78, 5) is 35.2. The summed E-state index contributed by atoms with van der Waals surface area (Å²) >= 11 is 0. The summed E-state index contributed by atoms with van der Waals surface area (Å²) in [5.41, 5.74) is 1.01. The zero-order valence-electron chi connectivity index (χ0n) is 14.7. The van der Waals surface area contributed by atoms with Crippen LogP contribution in [0.3, 0.4) is 0 Å². The number of allylic oxidation sites excluding steroid dienone is 1. The standard InChI is InChI=1S/C18H21N3O5/c1-10-5-3-8-14(10)26-17(22)15-11(2)19-18(23)20-16(15)12-6-4-7-13(9-12)21(24)25/h4,6-7,9-10,14,16H,3,5,8H2,1-2H3,(H2,19,20,23)/t10-,14-,16-/m1/s1. The molecule has 1 heterocycles. The molecule has 0 saturated heterocycles. The molecule has 0 unspecified atom stereocenters. The highest BCUT2D eigenvalue weighted by atomic mass is 16.6. The van der Waals surface area contributed by atoms with Crippen LogP contribution >= 0.6 is 0 Å². The van der Waals surface area contributed by atoms with E-state index in [9.17, 15) is 19.7 Å². The maximum Gasteiger partial charge on any atom is 0.338 e. The molecule has 1 aromatic carbocycles. The molecule has 8 heteroatoms. The molecule has 2 amide bonds. The van der Waals surface area contributed by atoms with Crippen LogP contribution in [0.25, 0.3) is 0 Å². The number of rotatable bonds is 4. The van der Waals surface area contributed by atoms with Gasteiger partial charge in [0.2, 0.25) is 0 Å². The third-order valence-corrected chi connectivity index (χ3v) is 4.94. The maximum absolute atomic E-state index is 12.8. The zero-order chi connectivity index (χ0) is 18.8. The van der Waals surface area contributed by atoms with Gasteiger partial charge in [-0.05, 0) is 37.7 Å². The minimum absolute atomic E-state index is 0.106. The van der Waals surface area contributed by atoms with Gasteiger partial charge in [0, 0.05) is 17.8 Å². The van der Waals surface area contributed by atoms with E-state index in [0.29, 0.717) is 17.2 Å². The number of nitrogens with zero attached hydrogens (tertiary/aromatic N) is 1. The SMILES string of the molecule is CC1=C(C(=O)O[C@@H]2CCC[C@H]2C)[C@@H](c2cccc([N+](=O)[O-])c2)NC(=O)N1. The van der Waals surface area contributed by atoms with E-state index in [2.05, 4.69) is 10.6 Å². The number of ether oxygens (including phenoxy) is 1. The molecule has 2 N–H and O–H groups in total. The number of hydrogen-bond acceptors (Lipinski definition) is 5. The Morgan fingerprint density at radius 3 is 2.77 bits per heavy atom. The van der Waals surface area contributed by atoms with Crippen LogP contribution in [-0.4, -0.2) is 23.0 Å². The monoisotopic (exact) mass is 359 g/mol. The van der Waals surface area contributed by atoms with Crippen molar-refractivity contribution in [1.82, 2.24) is 10.6 Å². The quantitative estimate of drug-likeness (QED) is 0.488. The number of non-ortho nitro benzene ring substituents is 1. The summed E-state index contributed by atoms with van der Waals surface area (Å²) in [5, 5.41) is 16.3. The van der Waals surface area contributed by atoms with Crippen LogP contribution in [0, 0.1) is 16.0 Å². The van der Waals surface area contributed by atoms with Crippen molar-refractivity contribution in [3.05, 3.63) is 51.2 Å². The van der Waals surface area contributed by atoms with Gasteiger partial charge in [0.25, 0.3) is 5.69 Å². The second-order valence-corrected chi connectivity index (χ2v) is 6.77. The van der Waals surface area contributed by atoms with Crippen LogP contribution in [-0.2, 0) is 9.53 Å². The molecule has 26 heavy (non-hydrogen) atoms. The van der Waals surface area contributed by atoms with Crippen LogP contribution in [0.4, 0.5) is 10.5 Å². The van der Waals surface area contributed by atoms with Gasteiger partial charge in [-0.3, -0.25) is 10.1 Å². The molecule has 3 rings (SSSR count). The number of benzene rings is 1. The van der Waals surface area contributed by atoms with E-state index in [1.165, 1.54) is 18.2 Å². The molecule has 1 aliphatic heterocycles. The Balaban J connectivity index is 1.93. The van der Waals surface area contributed by atoms with Crippen LogP contribution in [0.5, 0.6) is 0 Å². The van der Waals surface area contributed by atoms with Gasteiger partial charge in [-0.15, -0.1) is 0 Å². The second-order valence-electron chi connectivity index (χ2n) is 6.77. The number of urea groups is 1. The molecular weight excluding hydrogens is 338 g/mol. The lowest BCUT2D eigenvalue weighted by molar-refractivity contribution is -0.384. The highest BCUT2D eigenvalue weighted by molar-refractivity contribution is 5.95. The van der Waals surface area contributed by atoms with Gasteiger partial charge >= 0.3 is 12.0 Å².